The monoisotopic (exact) mass is 703 g/mol. The first-order valence-corrected chi connectivity index (χ1v) is 24.2. The van der Waals surface area contributed by atoms with Gasteiger partial charge >= 0.3 is 0 Å². The molecule has 6 rings (SSSR count). The van der Waals surface area contributed by atoms with Gasteiger partial charge in [0.05, 0.1) is 0 Å². The van der Waals surface area contributed by atoms with Gasteiger partial charge in [-0.1, -0.05) is 267 Å². The van der Waals surface area contributed by atoms with Crippen molar-refractivity contribution in [1.29, 1.82) is 0 Å². The first-order chi connectivity index (χ1) is 24.2. The fourth-order valence-corrected chi connectivity index (χ4v) is 9.74. The van der Waals surface area contributed by atoms with Crippen molar-refractivity contribution in [2.24, 2.45) is 35.5 Å². The third kappa shape index (κ3) is 28.5. The van der Waals surface area contributed by atoms with Crippen molar-refractivity contribution in [3.8, 4) is 0 Å². The molecule has 0 spiro atoms. The van der Waals surface area contributed by atoms with Crippen LogP contribution in [0.3, 0.4) is 0 Å². The zero-order chi connectivity index (χ0) is 35.6. The minimum atomic E-state index is 0. The molecule has 0 aromatic heterocycles. The van der Waals surface area contributed by atoms with Gasteiger partial charge in [-0.3, -0.25) is 0 Å². The maximum Gasteiger partial charge on any atom is -0.0383 e. The van der Waals surface area contributed by atoms with Gasteiger partial charge in [-0.2, -0.15) is 0 Å². The molecule has 0 nitrogen and oxygen atoms in total. The summed E-state index contributed by atoms with van der Waals surface area (Å²) in [6, 6.07) is 0. The fraction of sp³-hybridized carbons (Fsp3) is 1.00. The summed E-state index contributed by atoms with van der Waals surface area (Å²) in [5, 5.41) is 0. The maximum atomic E-state index is 2.47. The van der Waals surface area contributed by atoms with Crippen molar-refractivity contribution in [2.75, 3.05) is 0 Å². The second-order valence-electron chi connectivity index (χ2n) is 17.6. The Hall–Kier alpha value is 0. The van der Waals surface area contributed by atoms with Gasteiger partial charge in [0, 0.05) is 0 Å². The van der Waals surface area contributed by atoms with Crippen molar-refractivity contribution in [3.05, 3.63) is 0 Å². The Bertz CT molecular complexity index is 550. The van der Waals surface area contributed by atoms with Crippen molar-refractivity contribution >= 4 is 0 Å². The van der Waals surface area contributed by atoms with Crippen LogP contribution >= 0.6 is 0 Å². The minimum Gasteiger partial charge on any atom is -0.0776 e. The van der Waals surface area contributed by atoms with E-state index in [0.29, 0.717) is 0 Å². The van der Waals surface area contributed by atoms with Crippen LogP contribution in [0, 0.1) is 35.5 Å². The summed E-state index contributed by atoms with van der Waals surface area (Å²) in [6.07, 6.45) is 56.1. The van der Waals surface area contributed by atoms with E-state index in [1.807, 2.05) is 27.7 Å². The highest BCUT2D eigenvalue weighted by Crippen LogP contribution is 2.46. The highest BCUT2D eigenvalue weighted by atomic mass is 14.4. The maximum absolute atomic E-state index is 2.47. The molecule has 0 aliphatic heterocycles. The Morgan fingerprint density at radius 2 is 0.420 bits per heavy atom. The number of hydrogen-bond donors (Lipinski definition) is 0. The largest absolute Gasteiger partial charge is 0.0776 e. The third-order valence-corrected chi connectivity index (χ3v) is 13.1. The van der Waals surface area contributed by atoms with E-state index in [1.54, 1.807) is 44.9 Å². The molecule has 0 amide bonds. The SMILES string of the molecule is C.C1CCCCCCC1.C1CCCCCCC1.CC.CC.CC1CCCC(C2CCCCCC(C3CC3)C2)CCC1.CC1CCCCCCC1. The lowest BCUT2D eigenvalue weighted by molar-refractivity contribution is 0.173. The zero-order valence-corrected chi connectivity index (χ0v) is 35.6. The van der Waals surface area contributed by atoms with Crippen LogP contribution < -0.4 is 0 Å². The van der Waals surface area contributed by atoms with Gasteiger partial charge in [0.15, 0.2) is 0 Å². The van der Waals surface area contributed by atoms with Crippen molar-refractivity contribution in [1.82, 2.24) is 0 Å². The standard InChI is InChI=1S/C20H36.C9H18.2C8H16.2C2H6.CH4/c1-16-7-5-11-17(12-6-8-16)19-9-3-2-4-10-20(15-19)18-13-14-18;1-9-7-5-3-2-4-6-8-9;2*1-2-4-6-8-7-5-3-1;2*1-2;/h16-20H,2-15H2,1H3;9H,2-8H2,1H3;2*1-8H2;2*1-2H3;1H4. The van der Waals surface area contributed by atoms with E-state index in [2.05, 4.69) is 13.8 Å². The number of rotatable bonds is 2. The molecular formula is C50H102. The van der Waals surface area contributed by atoms with E-state index in [1.165, 1.54) is 193 Å². The van der Waals surface area contributed by atoms with Crippen LogP contribution in [0.15, 0.2) is 0 Å². The van der Waals surface area contributed by atoms with Crippen molar-refractivity contribution < 1.29 is 0 Å². The summed E-state index contributed by atoms with van der Waals surface area (Å²) < 4.78 is 0. The molecule has 0 saturated heterocycles. The minimum absolute atomic E-state index is 0. The van der Waals surface area contributed by atoms with Crippen LogP contribution in [0.25, 0.3) is 0 Å². The molecule has 6 aliphatic rings. The second kappa shape index (κ2) is 37.3. The zero-order valence-electron chi connectivity index (χ0n) is 35.6. The molecule has 6 saturated carbocycles. The molecule has 2 unspecified atom stereocenters. The normalized spacial score (nSPS) is 28.9. The Morgan fingerprint density at radius 3 is 0.720 bits per heavy atom. The summed E-state index contributed by atoms with van der Waals surface area (Å²) in [6.45, 7) is 12.9. The van der Waals surface area contributed by atoms with E-state index in [0.717, 1.165) is 35.5 Å². The summed E-state index contributed by atoms with van der Waals surface area (Å²) in [5.41, 5.74) is 0. The van der Waals surface area contributed by atoms with Crippen LogP contribution in [0.5, 0.6) is 0 Å². The highest BCUT2D eigenvalue weighted by Gasteiger charge is 2.35. The quantitative estimate of drug-likeness (QED) is 0.269. The van der Waals surface area contributed by atoms with Crippen LogP contribution in [0.1, 0.15) is 287 Å². The van der Waals surface area contributed by atoms with E-state index in [9.17, 15) is 0 Å². The van der Waals surface area contributed by atoms with Gasteiger partial charge in [-0.25, -0.2) is 0 Å². The van der Waals surface area contributed by atoms with Crippen LogP contribution in [0.2, 0.25) is 0 Å². The molecule has 302 valence electrons. The molecule has 50 heavy (non-hydrogen) atoms. The second-order valence-corrected chi connectivity index (χ2v) is 17.6. The Labute approximate surface area is 321 Å². The molecule has 0 radical (unpaired) electrons. The van der Waals surface area contributed by atoms with Gasteiger partial charge in [0.2, 0.25) is 0 Å². The van der Waals surface area contributed by atoms with Crippen LogP contribution in [-0.2, 0) is 0 Å². The van der Waals surface area contributed by atoms with Gasteiger partial charge in [-0.15, -0.1) is 0 Å². The molecule has 0 bridgehead atoms. The average Bonchev–Trinajstić information content (AvgIpc) is 3.89. The lowest BCUT2D eigenvalue weighted by atomic mass is 9.72. The lowest BCUT2D eigenvalue weighted by Gasteiger charge is -2.34. The number of hydrogen-bond acceptors (Lipinski definition) is 0. The Kier molecular flexibility index (Phi) is 37.3. The molecule has 0 N–H and O–H groups in total. The molecule has 6 aliphatic carbocycles. The van der Waals surface area contributed by atoms with Crippen LogP contribution in [0.4, 0.5) is 0 Å². The Morgan fingerprint density at radius 1 is 0.220 bits per heavy atom. The molecular weight excluding hydrogens is 601 g/mol. The van der Waals surface area contributed by atoms with Crippen LogP contribution in [-0.4, -0.2) is 0 Å². The van der Waals surface area contributed by atoms with Gasteiger partial charge < -0.3 is 0 Å². The van der Waals surface area contributed by atoms with E-state index in [4.69, 9.17) is 0 Å². The lowest BCUT2D eigenvalue weighted by Crippen LogP contribution is -2.22. The summed E-state index contributed by atoms with van der Waals surface area (Å²) in [7, 11) is 0. The molecule has 0 aromatic rings. The van der Waals surface area contributed by atoms with E-state index < -0.39 is 0 Å². The summed E-state index contributed by atoms with van der Waals surface area (Å²) >= 11 is 0. The molecule has 2 atom stereocenters. The summed E-state index contributed by atoms with van der Waals surface area (Å²) in [5.74, 6) is 6.52. The topological polar surface area (TPSA) is 0 Å². The molecule has 0 heteroatoms. The third-order valence-electron chi connectivity index (χ3n) is 13.1. The highest BCUT2D eigenvalue weighted by molar-refractivity contribution is 4.86. The first kappa shape index (κ1) is 50.0. The van der Waals surface area contributed by atoms with E-state index >= 15 is 0 Å². The Balaban J connectivity index is 0.000000674. The summed E-state index contributed by atoms with van der Waals surface area (Å²) in [4.78, 5) is 0. The molecule has 0 heterocycles. The smallest absolute Gasteiger partial charge is 0.0383 e. The predicted octanol–water partition coefficient (Wildman–Crippen LogP) is 18.9. The van der Waals surface area contributed by atoms with E-state index in [-0.39, 0.29) is 7.43 Å². The van der Waals surface area contributed by atoms with Crippen molar-refractivity contribution in [2.45, 2.75) is 287 Å². The van der Waals surface area contributed by atoms with Gasteiger partial charge in [0.25, 0.3) is 0 Å². The predicted molar refractivity (Wildman–Crippen MR) is 233 cm³/mol. The molecule has 0 aromatic carbocycles. The van der Waals surface area contributed by atoms with Gasteiger partial charge in [-0.05, 0) is 54.8 Å². The van der Waals surface area contributed by atoms with Gasteiger partial charge in [0.1, 0.15) is 0 Å². The van der Waals surface area contributed by atoms with Crippen molar-refractivity contribution in [3.63, 3.8) is 0 Å². The average molecular weight is 703 g/mol. The molecule has 6 fully saturated rings. The first-order valence-electron chi connectivity index (χ1n) is 24.2. The fourth-order valence-electron chi connectivity index (χ4n) is 9.74.